The third-order valence-electron chi connectivity index (χ3n) is 4.67. The number of phenols is 1. The lowest BCUT2D eigenvalue weighted by Crippen LogP contribution is -2.24. The number of nitrogens with zero attached hydrogens (tertiary/aromatic N) is 2. The summed E-state index contributed by atoms with van der Waals surface area (Å²) in [5, 5.41) is 11.7. The van der Waals surface area contributed by atoms with E-state index >= 15 is 0 Å². The summed E-state index contributed by atoms with van der Waals surface area (Å²) < 4.78 is 36.5. The number of hydrogen-bond donors (Lipinski definition) is 2. The monoisotopic (exact) mass is 413 g/mol. The first-order valence-electron chi connectivity index (χ1n) is 9.11. The number of rotatable bonds is 5. The Balaban J connectivity index is 1.94. The molecule has 1 amide bonds. The maximum atomic E-state index is 14.1. The Labute approximate surface area is 168 Å². The zero-order valence-corrected chi connectivity index (χ0v) is 15.9. The summed E-state index contributed by atoms with van der Waals surface area (Å²) in [7, 11) is 0. The summed E-state index contributed by atoms with van der Waals surface area (Å²) in [6.45, 7) is 2.12. The van der Waals surface area contributed by atoms with Gasteiger partial charge in [-0.15, -0.1) is 0 Å². The molecular weight excluding hydrogens is 396 g/mol. The van der Waals surface area contributed by atoms with Gasteiger partial charge in [0.15, 0.2) is 5.43 Å². The minimum absolute atomic E-state index is 0.0236. The molecule has 0 unspecified atom stereocenters. The molecule has 0 spiro atoms. The zero-order chi connectivity index (χ0) is 21.4. The molecule has 9 heteroatoms. The fraction of sp³-hybridized carbons (Fsp3) is 0.143. The van der Waals surface area contributed by atoms with Crippen LogP contribution in [0.25, 0.3) is 16.7 Å². The van der Waals surface area contributed by atoms with Crippen molar-refractivity contribution in [2.45, 2.75) is 13.7 Å². The third-order valence-corrected chi connectivity index (χ3v) is 4.67. The number of benzene rings is 2. The Morgan fingerprint density at radius 3 is 2.67 bits per heavy atom. The van der Waals surface area contributed by atoms with Crippen LogP contribution in [0.3, 0.4) is 0 Å². The Kier molecular flexibility index (Phi) is 4.96. The topological polar surface area (TPSA) is 85.0 Å². The summed E-state index contributed by atoms with van der Waals surface area (Å²) >= 11 is 0. The van der Waals surface area contributed by atoms with Crippen molar-refractivity contribution in [2.75, 3.05) is 11.9 Å². The van der Waals surface area contributed by atoms with Crippen LogP contribution in [-0.4, -0.2) is 26.6 Å². The number of nitrogens with one attached hydrogen (secondary N) is 1. The van der Waals surface area contributed by atoms with Gasteiger partial charge in [0, 0.05) is 24.9 Å². The number of halogens is 2. The molecule has 2 aromatic heterocycles. The van der Waals surface area contributed by atoms with E-state index in [1.54, 1.807) is 11.3 Å². The number of carbonyl (C=O) groups is 1. The van der Waals surface area contributed by atoms with Gasteiger partial charge in [0.05, 0.1) is 16.7 Å². The molecular formula is C21H17F2N3O4. The maximum Gasteiger partial charge on any atom is 0.263 e. The number of ether oxygens (including phenoxy) is 1. The van der Waals surface area contributed by atoms with Crippen LogP contribution in [0.4, 0.5) is 14.5 Å². The van der Waals surface area contributed by atoms with E-state index in [1.807, 2.05) is 0 Å². The van der Waals surface area contributed by atoms with Crippen LogP contribution >= 0.6 is 0 Å². The highest BCUT2D eigenvalue weighted by Crippen LogP contribution is 2.25. The van der Waals surface area contributed by atoms with Crippen molar-refractivity contribution < 1.29 is 23.4 Å². The number of phenolic OH excluding ortho intramolecular Hbond substituents is 1. The molecule has 0 aliphatic carbocycles. The lowest BCUT2D eigenvalue weighted by Gasteiger charge is -2.11. The molecule has 4 aromatic rings. The number of hydrogen-bond acceptors (Lipinski definition) is 4. The lowest BCUT2D eigenvalue weighted by molar-refractivity contribution is 0.0927. The second-order valence-electron chi connectivity index (χ2n) is 6.55. The minimum atomic E-state index is -0.854. The summed E-state index contributed by atoms with van der Waals surface area (Å²) in [5.74, 6) is -2.48. The van der Waals surface area contributed by atoms with Crippen LogP contribution in [0.1, 0.15) is 17.3 Å². The van der Waals surface area contributed by atoms with Gasteiger partial charge in [-0.05, 0) is 37.3 Å². The lowest BCUT2D eigenvalue weighted by atomic mass is 10.2. The van der Waals surface area contributed by atoms with Gasteiger partial charge in [-0.3, -0.25) is 9.59 Å². The average Bonchev–Trinajstić information content (AvgIpc) is 3.00. The molecule has 0 radical (unpaired) electrons. The number of anilines is 1. The summed E-state index contributed by atoms with van der Waals surface area (Å²) in [4.78, 5) is 25.6. The van der Waals surface area contributed by atoms with Crippen LogP contribution in [0, 0.1) is 11.6 Å². The Morgan fingerprint density at radius 1 is 1.13 bits per heavy atom. The second-order valence-corrected chi connectivity index (χ2v) is 6.55. The molecule has 2 N–H and O–H groups in total. The first kappa shape index (κ1) is 19.6. The van der Waals surface area contributed by atoms with Gasteiger partial charge in [-0.1, -0.05) is 0 Å². The van der Waals surface area contributed by atoms with Crippen molar-refractivity contribution >= 4 is 28.3 Å². The van der Waals surface area contributed by atoms with Crippen molar-refractivity contribution in [1.29, 1.82) is 0 Å². The number of aromatic nitrogens is 2. The fourth-order valence-electron chi connectivity index (χ4n) is 3.33. The second kappa shape index (κ2) is 7.60. The summed E-state index contributed by atoms with van der Waals surface area (Å²) in [6, 6.07) is 8.54. The molecule has 0 bridgehead atoms. The van der Waals surface area contributed by atoms with E-state index in [0.717, 1.165) is 6.07 Å². The number of carbonyl (C=O) groups excluding carboxylic acids is 1. The van der Waals surface area contributed by atoms with Gasteiger partial charge in [0.2, 0.25) is 0 Å². The normalized spacial score (nSPS) is 11.3. The van der Waals surface area contributed by atoms with Crippen molar-refractivity contribution in [3.05, 3.63) is 76.1 Å². The largest absolute Gasteiger partial charge is 0.508 e. The van der Waals surface area contributed by atoms with Gasteiger partial charge in [0.25, 0.3) is 5.91 Å². The first-order chi connectivity index (χ1) is 14.4. The predicted molar refractivity (Wildman–Crippen MR) is 107 cm³/mol. The van der Waals surface area contributed by atoms with E-state index in [-0.39, 0.29) is 29.4 Å². The van der Waals surface area contributed by atoms with Crippen molar-refractivity contribution in [3.8, 4) is 5.75 Å². The molecule has 2 heterocycles. The zero-order valence-electron chi connectivity index (χ0n) is 15.9. The molecule has 7 nitrogen and oxygen atoms in total. The maximum absolute atomic E-state index is 14.1. The average molecular weight is 413 g/mol. The van der Waals surface area contributed by atoms with Gasteiger partial charge in [0.1, 0.15) is 35.3 Å². The van der Waals surface area contributed by atoms with E-state index in [1.165, 1.54) is 47.2 Å². The minimum Gasteiger partial charge on any atom is -0.508 e. The highest BCUT2D eigenvalue weighted by atomic mass is 19.1. The van der Waals surface area contributed by atoms with Gasteiger partial charge in [-0.25, -0.2) is 8.78 Å². The number of amides is 1. The van der Waals surface area contributed by atoms with E-state index < -0.39 is 23.0 Å². The standard InChI is InChI=1S/C21H17F2N3O4/c1-2-30-11-26-17-9-12(22)3-6-16(17)25-8-7-18(28)19(21(25)26)20(29)24-15-5-4-13(27)10-14(15)23/h3-10,27H,2,11H2,1H3,(H,24,29). The van der Waals surface area contributed by atoms with E-state index in [2.05, 4.69) is 5.32 Å². The summed E-state index contributed by atoms with van der Waals surface area (Å²) in [6.07, 6.45) is 1.48. The van der Waals surface area contributed by atoms with Crippen LogP contribution in [-0.2, 0) is 11.5 Å². The molecule has 2 aromatic carbocycles. The Morgan fingerprint density at radius 2 is 1.93 bits per heavy atom. The molecule has 4 rings (SSSR count). The molecule has 0 saturated carbocycles. The van der Waals surface area contributed by atoms with Crippen LogP contribution in [0.2, 0.25) is 0 Å². The highest BCUT2D eigenvalue weighted by molar-refractivity contribution is 6.09. The van der Waals surface area contributed by atoms with E-state index in [4.69, 9.17) is 4.74 Å². The predicted octanol–water partition coefficient (Wildman–Crippen LogP) is 3.48. The number of fused-ring (bicyclic) bond motifs is 3. The number of aromatic hydroxyl groups is 1. The number of pyridine rings is 1. The molecule has 0 saturated heterocycles. The highest BCUT2D eigenvalue weighted by Gasteiger charge is 2.22. The molecule has 154 valence electrons. The number of imidazole rings is 1. The first-order valence-corrected chi connectivity index (χ1v) is 9.11. The quantitative estimate of drug-likeness (QED) is 0.491. The van der Waals surface area contributed by atoms with Crippen molar-refractivity contribution in [3.63, 3.8) is 0 Å². The molecule has 0 aliphatic rings. The smallest absolute Gasteiger partial charge is 0.263 e. The molecule has 0 aliphatic heterocycles. The SMILES string of the molecule is CCOCn1c2cc(F)ccc2n2ccc(=O)c(C(=O)Nc3ccc(O)cc3F)c12. The fourth-order valence-corrected chi connectivity index (χ4v) is 3.33. The van der Waals surface area contributed by atoms with E-state index in [0.29, 0.717) is 17.6 Å². The van der Waals surface area contributed by atoms with Crippen LogP contribution in [0.15, 0.2) is 53.5 Å². The van der Waals surface area contributed by atoms with Gasteiger partial charge < -0.3 is 24.1 Å². The van der Waals surface area contributed by atoms with Gasteiger partial charge in [-0.2, -0.15) is 0 Å². The van der Waals surface area contributed by atoms with Gasteiger partial charge >= 0.3 is 0 Å². The summed E-state index contributed by atoms with van der Waals surface area (Å²) in [5.41, 5.74) is 0.148. The van der Waals surface area contributed by atoms with Crippen LogP contribution < -0.4 is 10.7 Å². The molecule has 30 heavy (non-hydrogen) atoms. The van der Waals surface area contributed by atoms with E-state index in [9.17, 15) is 23.5 Å². The Bertz CT molecular complexity index is 1340. The molecule has 0 fully saturated rings. The molecule has 0 atom stereocenters. The Hall–Kier alpha value is -3.72. The third kappa shape index (κ3) is 3.29. The van der Waals surface area contributed by atoms with Crippen molar-refractivity contribution in [1.82, 2.24) is 8.97 Å². The van der Waals surface area contributed by atoms with Crippen molar-refractivity contribution in [2.24, 2.45) is 0 Å². The van der Waals surface area contributed by atoms with Crippen LogP contribution in [0.5, 0.6) is 5.75 Å².